The van der Waals surface area contributed by atoms with Crippen LogP contribution < -0.4 is 15.4 Å². The lowest BCUT2D eigenvalue weighted by atomic mass is 9.97. The number of rotatable bonds is 9. The largest absolute Gasteiger partial charge is 0.350 e. The molecule has 0 aliphatic carbocycles. The Morgan fingerprint density at radius 2 is 1.93 bits per heavy atom. The molecule has 0 spiro atoms. The second-order valence-corrected chi connectivity index (χ2v) is 11.8. The van der Waals surface area contributed by atoms with Crippen LogP contribution in [0.15, 0.2) is 54.7 Å². The van der Waals surface area contributed by atoms with Crippen molar-refractivity contribution in [1.82, 2.24) is 20.3 Å². The van der Waals surface area contributed by atoms with Gasteiger partial charge in [0.15, 0.2) is 5.69 Å². The van der Waals surface area contributed by atoms with Gasteiger partial charge < -0.3 is 10.6 Å². The summed E-state index contributed by atoms with van der Waals surface area (Å²) in [5.74, 6) is -0.693. The molecule has 2 aromatic carbocycles. The van der Waals surface area contributed by atoms with Crippen LogP contribution in [0, 0.1) is 18.3 Å². The summed E-state index contributed by atoms with van der Waals surface area (Å²) in [5, 5.41) is 6.52. The summed E-state index contributed by atoms with van der Waals surface area (Å²) in [6, 6.07) is 12.3. The third-order valence-electron chi connectivity index (χ3n) is 6.95. The summed E-state index contributed by atoms with van der Waals surface area (Å²) in [5.41, 5.74) is 3.81. The molecule has 0 bridgehead atoms. The van der Waals surface area contributed by atoms with Crippen LogP contribution in [0.1, 0.15) is 24.5 Å². The molecule has 9 nitrogen and oxygen atoms in total. The number of nitrogens with zero attached hydrogens (tertiary/aromatic N) is 4. The second kappa shape index (κ2) is 12.1. The van der Waals surface area contributed by atoms with Gasteiger partial charge in [-0.2, -0.15) is 0 Å². The van der Waals surface area contributed by atoms with E-state index in [0.717, 1.165) is 5.56 Å². The molecule has 3 N–H and O–H groups in total. The summed E-state index contributed by atoms with van der Waals surface area (Å²) >= 11 is 0. The van der Waals surface area contributed by atoms with Crippen molar-refractivity contribution >= 4 is 38.4 Å². The topological polar surface area (TPSA) is 113 Å². The van der Waals surface area contributed by atoms with Crippen LogP contribution in [0.3, 0.4) is 0 Å². The van der Waals surface area contributed by atoms with Gasteiger partial charge in [-0.05, 0) is 42.2 Å². The molecule has 1 aliphatic rings. The third-order valence-corrected chi connectivity index (χ3v) is 8.20. The highest BCUT2D eigenvalue weighted by molar-refractivity contribution is 7.91. The van der Waals surface area contributed by atoms with Gasteiger partial charge in [-0.3, -0.25) is 9.11 Å². The Morgan fingerprint density at radius 3 is 2.63 bits per heavy atom. The Hall–Kier alpha value is -4.21. The van der Waals surface area contributed by atoms with Crippen LogP contribution in [-0.2, 0) is 22.2 Å². The van der Waals surface area contributed by atoms with Gasteiger partial charge >= 0.3 is 0 Å². The number of alkyl halides is 1. The number of aromatic nitrogens is 3. The normalized spacial score (nSPS) is 17.2. The molecule has 1 aliphatic heterocycles. The first-order valence-electron chi connectivity index (χ1n) is 13.2. The van der Waals surface area contributed by atoms with Crippen LogP contribution in [-0.4, -0.2) is 49.2 Å². The molecule has 212 valence electrons. The number of pyridine rings is 1. The van der Waals surface area contributed by atoms with Gasteiger partial charge in [-0.15, -0.1) is 0 Å². The van der Waals surface area contributed by atoms with Gasteiger partial charge in [0.05, 0.1) is 42.1 Å². The average Bonchev–Trinajstić information content (AvgIpc) is 2.98. The predicted molar refractivity (Wildman–Crippen MR) is 155 cm³/mol. The number of hydrogen-bond acceptors (Lipinski definition) is 7. The monoisotopic (exact) mass is 577 g/mol. The maximum Gasteiger partial charge on any atom is 0.237 e. The third kappa shape index (κ3) is 6.75. The van der Waals surface area contributed by atoms with Crippen LogP contribution >= 0.6 is 0 Å². The molecular formula is C29H29F2N7O2S. The van der Waals surface area contributed by atoms with E-state index in [9.17, 15) is 12.8 Å². The quantitative estimate of drug-likeness (QED) is 0.233. The van der Waals surface area contributed by atoms with E-state index in [0.29, 0.717) is 65.4 Å². The van der Waals surface area contributed by atoms with Crippen molar-refractivity contribution in [2.45, 2.75) is 31.6 Å². The zero-order valence-electron chi connectivity index (χ0n) is 22.4. The minimum Gasteiger partial charge on any atom is -0.350 e. The van der Waals surface area contributed by atoms with E-state index >= 15 is 4.39 Å². The van der Waals surface area contributed by atoms with E-state index in [1.54, 1.807) is 24.4 Å². The zero-order chi connectivity index (χ0) is 29.0. The Bertz CT molecular complexity index is 1710. The lowest BCUT2D eigenvalue weighted by Crippen LogP contribution is -2.44. The van der Waals surface area contributed by atoms with E-state index in [-0.39, 0.29) is 30.1 Å². The molecule has 2 aromatic heterocycles. The molecular weight excluding hydrogens is 548 g/mol. The Kier molecular flexibility index (Phi) is 8.37. The summed E-state index contributed by atoms with van der Waals surface area (Å²) in [7, 11) is -3.89. The maximum atomic E-state index is 15.1. The fourth-order valence-corrected chi connectivity index (χ4v) is 6.07. The molecule has 41 heavy (non-hydrogen) atoms. The molecule has 0 amide bonds. The molecule has 5 rings (SSSR count). The molecule has 4 aromatic rings. The standard InChI is InChI=1S/C29H29F2N7O2S/c1-3-20-12-26(36-27-16-34-29(37-28(20)27)35-23-10-19(13-30)14-33-15-23)21-6-9-25(24(31)11-21)38-41(39,40)17-18-4-7-22(32-2)8-5-18/h4-9,11-12,16,19,23,33,38H,3,10,13-15,17H2,1H3,(H,34,35,37)/t19-,23-/m0/s1. The number of aryl methyl sites for hydroxylation is 1. The number of piperidine rings is 1. The Labute approximate surface area is 237 Å². The van der Waals surface area contributed by atoms with Crippen LogP contribution in [0.5, 0.6) is 0 Å². The van der Waals surface area contributed by atoms with Crippen molar-refractivity contribution in [3.8, 4) is 11.3 Å². The molecule has 0 radical (unpaired) electrons. The number of sulfonamides is 1. The van der Waals surface area contributed by atoms with Crippen LogP contribution in [0.25, 0.3) is 27.1 Å². The van der Waals surface area contributed by atoms with Crippen molar-refractivity contribution in [2.24, 2.45) is 5.92 Å². The first kappa shape index (κ1) is 28.3. The highest BCUT2D eigenvalue weighted by Gasteiger charge is 2.22. The SMILES string of the molecule is [C-]#[N+]c1ccc(CS(=O)(=O)Nc2ccc(-c3cc(CC)c4nc(N[C@@H]5CNC[C@H](CF)C5)ncc4n3)cc2F)cc1. The minimum absolute atomic E-state index is 0.0170. The van der Waals surface area contributed by atoms with Gasteiger partial charge in [0.2, 0.25) is 16.0 Å². The van der Waals surface area contributed by atoms with E-state index in [1.807, 2.05) is 13.0 Å². The number of nitrogens with one attached hydrogen (secondary N) is 3. The summed E-state index contributed by atoms with van der Waals surface area (Å²) in [4.78, 5) is 17.0. The van der Waals surface area contributed by atoms with Gasteiger partial charge in [0, 0.05) is 30.6 Å². The molecule has 2 atom stereocenters. The first-order chi connectivity index (χ1) is 19.8. The first-order valence-corrected chi connectivity index (χ1v) is 14.9. The van der Waals surface area contributed by atoms with Gasteiger partial charge in [-0.25, -0.2) is 32.6 Å². The van der Waals surface area contributed by atoms with E-state index in [4.69, 9.17) is 6.57 Å². The van der Waals surface area contributed by atoms with Gasteiger partial charge in [0.25, 0.3) is 0 Å². The van der Waals surface area contributed by atoms with E-state index < -0.39 is 15.8 Å². The fourth-order valence-electron chi connectivity index (χ4n) is 4.86. The Morgan fingerprint density at radius 1 is 1.12 bits per heavy atom. The summed E-state index contributed by atoms with van der Waals surface area (Å²) in [6.07, 6.45) is 2.95. The highest BCUT2D eigenvalue weighted by atomic mass is 32.2. The van der Waals surface area contributed by atoms with Crippen LogP contribution in [0.2, 0.25) is 0 Å². The van der Waals surface area contributed by atoms with E-state index in [2.05, 4.69) is 35.2 Å². The summed E-state index contributed by atoms with van der Waals surface area (Å²) in [6.45, 7) is 9.97. The lowest BCUT2D eigenvalue weighted by molar-refractivity contribution is 0.282. The number of hydrogen-bond donors (Lipinski definition) is 3. The molecule has 0 unspecified atom stereocenters. The second-order valence-electron chi connectivity index (χ2n) is 10.0. The molecule has 3 heterocycles. The summed E-state index contributed by atoms with van der Waals surface area (Å²) < 4.78 is 55.8. The number of anilines is 2. The molecule has 12 heteroatoms. The van der Waals surface area contributed by atoms with Crippen molar-refractivity contribution in [3.63, 3.8) is 0 Å². The number of halogens is 2. The minimum atomic E-state index is -3.89. The van der Waals surface area contributed by atoms with Gasteiger partial charge in [-0.1, -0.05) is 37.3 Å². The van der Waals surface area contributed by atoms with Crippen LogP contribution in [0.4, 0.5) is 26.1 Å². The maximum absolute atomic E-state index is 15.1. The van der Waals surface area contributed by atoms with Crippen molar-refractivity contribution < 1.29 is 17.2 Å². The van der Waals surface area contributed by atoms with Crippen molar-refractivity contribution in [1.29, 1.82) is 0 Å². The molecule has 1 fully saturated rings. The highest BCUT2D eigenvalue weighted by Crippen LogP contribution is 2.28. The number of fused-ring (bicyclic) bond motifs is 1. The van der Waals surface area contributed by atoms with Crippen molar-refractivity contribution in [2.75, 3.05) is 29.8 Å². The lowest BCUT2D eigenvalue weighted by Gasteiger charge is -2.29. The molecule has 0 saturated carbocycles. The Balaban J connectivity index is 1.34. The molecule has 1 saturated heterocycles. The fraction of sp³-hybridized carbons (Fsp3) is 0.310. The smallest absolute Gasteiger partial charge is 0.237 e. The zero-order valence-corrected chi connectivity index (χ0v) is 23.2. The van der Waals surface area contributed by atoms with E-state index in [1.165, 1.54) is 24.3 Å². The van der Waals surface area contributed by atoms with Crippen molar-refractivity contribution in [3.05, 3.63) is 83.1 Å². The number of benzene rings is 2. The van der Waals surface area contributed by atoms with Gasteiger partial charge in [0.1, 0.15) is 11.3 Å². The predicted octanol–water partition coefficient (Wildman–Crippen LogP) is 5.25. The average molecular weight is 578 g/mol.